The highest BCUT2D eigenvalue weighted by Crippen LogP contribution is 2.50. The molecule has 0 aromatic rings. The zero-order valence-corrected chi connectivity index (χ0v) is 9.41. The molecule has 4 unspecified atom stereocenters. The molecule has 2 aliphatic rings. The van der Waals surface area contributed by atoms with E-state index in [2.05, 4.69) is 6.92 Å². The van der Waals surface area contributed by atoms with Crippen molar-refractivity contribution < 1.29 is 5.11 Å². The first-order valence-corrected chi connectivity index (χ1v) is 6.46. The fourth-order valence-corrected chi connectivity index (χ4v) is 3.00. The fraction of sp³-hybridized carbons (Fsp3) is 1.00. The van der Waals surface area contributed by atoms with Crippen LogP contribution >= 0.6 is 0 Å². The molecule has 82 valence electrons. The van der Waals surface area contributed by atoms with E-state index >= 15 is 0 Å². The highest BCUT2D eigenvalue weighted by Gasteiger charge is 2.40. The molecule has 0 amide bonds. The van der Waals surface area contributed by atoms with Crippen molar-refractivity contribution in [3.63, 3.8) is 0 Å². The van der Waals surface area contributed by atoms with Crippen molar-refractivity contribution in [2.24, 2.45) is 23.7 Å². The summed E-state index contributed by atoms with van der Waals surface area (Å²) in [6, 6.07) is 0. The lowest BCUT2D eigenvalue weighted by Gasteiger charge is -1.99. The third-order valence-corrected chi connectivity index (χ3v) is 4.21. The monoisotopic (exact) mass is 196 g/mol. The predicted molar refractivity (Wildman–Crippen MR) is 59.0 cm³/mol. The van der Waals surface area contributed by atoms with Crippen molar-refractivity contribution in [1.29, 1.82) is 0 Å². The zero-order chi connectivity index (χ0) is 9.97. The quantitative estimate of drug-likeness (QED) is 0.663. The number of aliphatic hydroxyl groups excluding tert-OH is 1. The molecule has 1 nitrogen and oxygen atoms in total. The molecule has 0 saturated heterocycles. The Balaban J connectivity index is 1.49. The molecule has 0 spiro atoms. The van der Waals surface area contributed by atoms with Gasteiger partial charge >= 0.3 is 0 Å². The van der Waals surface area contributed by atoms with Gasteiger partial charge in [-0.05, 0) is 55.8 Å². The molecular weight excluding hydrogens is 172 g/mol. The van der Waals surface area contributed by atoms with E-state index in [1.54, 1.807) is 0 Å². The molecule has 2 aliphatic carbocycles. The van der Waals surface area contributed by atoms with Crippen LogP contribution in [-0.4, -0.2) is 11.7 Å². The highest BCUT2D eigenvalue weighted by atomic mass is 16.3. The molecule has 0 heterocycles. The molecule has 1 N–H and O–H groups in total. The molecule has 0 bridgehead atoms. The Morgan fingerprint density at radius 1 is 0.857 bits per heavy atom. The summed E-state index contributed by atoms with van der Waals surface area (Å²) < 4.78 is 0. The van der Waals surface area contributed by atoms with Crippen molar-refractivity contribution in [2.45, 2.75) is 51.9 Å². The van der Waals surface area contributed by atoms with Crippen LogP contribution < -0.4 is 0 Å². The van der Waals surface area contributed by atoms with Gasteiger partial charge in [-0.2, -0.15) is 0 Å². The Morgan fingerprint density at radius 3 is 1.86 bits per heavy atom. The Hall–Kier alpha value is -0.0400. The molecule has 0 radical (unpaired) electrons. The average molecular weight is 196 g/mol. The largest absolute Gasteiger partial charge is 0.396 e. The first-order chi connectivity index (χ1) is 6.85. The number of hydrogen-bond donors (Lipinski definition) is 1. The van der Waals surface area contributed by atoms with Crippen molar-refractivity contribution in [3.8, 4) is 0 Å². The van der Waals surface area contributed by atoms with Crippen LogP contribution in [0.1, 0.15) is 51.9 Å². The molecule has 2 fully saturated rings. The molecule has 2 rings (SSSR count). The van der Waals surface area contributed by atoms with E-state index in [0.29, 0.717) is 6.61 Å². The number of aliphatic hydroxyl groups is 1. The normalized spacial score (nSPS) is 39.9. The minimum atomic E-state index is 0.406. The maximum absolute atomic E-state index is 8.80. The van der Waals surface area contributed by atoms with Gasteiger partial charge in [0.2, 0.25) is 0 Å². The maximum atomic E-state index is 8.80. The summed E-state index contributed by atoms with van der Waals surface area (Å²) in [6.45, 7) is 2.70. The van der Waals surface area contributed by atoms with Gasteiger partial charge in [-0.1, -0.05) is 19.8 Å². The van der Waals surface area contributed by atoms with Gasteiger partial charge in [0.15, 0.2) is 0 Å². The second-order valence-corrected chi connectivity index (χ2v) is 5.39. The Morgan fingerprint density at radius 2 is 1.36 bits per heavy atom. The second-order valence-electron chi connectivity index (χ2n) is 5.39. The third kappa shape index (κ3) is 2.73. The van der Waals surface area contributed by atoms with Crippen LogP contribution in [0, 0.1) is 23.7 Å². The molecule has 0 aromatic heterocycles. The molecule has 0 aromatic carbocycles. The lowest BCUT2D eigenvalue weighted by atomic mass is 10.1. The van der Waals surface area contributed by atoms with Gasteiger partial charge in [0.05, 0.1) is 0 Å². The van der Waals surface area contributed by atoms with E-state index in [-0.39, 0.29) is 0 Å². The topological polar surface area (TPSA) is 20.2 Å². The summed E-state index contributed by atoms with van der Waals surface area (Å²) in [5.74, 6) is 4.06. The zero-order valence-electron chi connectivity index (χ0n) is 9.41. The fourth-order valence-electron chi connectivity index (χ4n) is 3.00. The van der Waals surface area contributed by atoms with Gasteiger partial charge in [0.25, 0.3) is 0 Å². The van der Waals surface area contributed by atoms with E-state index in [4.69, 9.17) is 5.11 Å². The van der Waals surface area contributed by atoms with Crippen molar-refractivity contribution in [3.05, 3.63) is 0 Å². The summed E-state index contributed by atoms with van der Waals surface area (Å²) in [7, 11) is 0. The number of hydrogen-bond acceptors (Lipinski definition) is 1. The molecule has 4 atom stereocenters. The lowest BCUT2D eigenvalue weighted by Crippen LogP contribution is -1.90. The van der Waals surface area contributed by atoms with Crippen LogP contribution in [0.3, 0.4) is 0 Å². The van der Waals surface area contributed by atoms with Crippen LogP contribution in [0.5, 0.6) is 0 Å². The maximum Gasteiger partial charge on any atom is 0.0433 e. The Kier molecular flexibility index (Phi) is 3.48. The van der Waals surface area contributed by atoms with E-state index in [0.717, 1.165) is 30.1 Å². The lowest BCUT2D eigenvalue weighted by molar-refractivity contribution is 0.276. The first kappa shape index (κ1) is 10.5. The standard InChI is InChI=1S/C13H24O/c1-2-3-10-8-11(10)4-5-12-9-13(12)6-7-14/h10-14H,2-9H2,1H3. The number of rotatable bonds is 7. The van der Waals surface area contributed by atoms with E-state index < -0.39 is 0 Å². The summed E-state index contributed by atoms with van der Waals surface area (Å²) in [5, 5.41) is 8.80. The van der Waals surface area contributed by atoms with Gasteiger partial charge in [-0.25, -0.2) is 0 Å². The highest BCUT2D eigenvalue weighted by molar-refractivity contribution is 4.90. The SMILES string of the molecule is CCCC1CC1CCC1CC1CCO. The summed E-state index contributed by atoms with van der Waals surface area (Å²) in [6.07, 6.45) is 9.77. The van der Waals surface area contributed by atoms with Gasteiger partial charge < -0.3 is 5.11 Å². The summed E-state index contributed by atoms with van der Waals surface area (Å²) >= 11 is 0. The predicted octanol–water partition coefficient (Wildman–Crippen LogP) is 3.22. The molecule has 14 heavy (non-hydrogen) atoms. The van der Waals surface area contributed by atoms with Crippen molar-refractivity contribution in [1.82, 2.24) is 0 Å². The van der Waals surface area contributed by atoms with Crippen LogP contribution in [0.2, 0.25) is 0 Å². The second kappa shape index (κ2) is 4.65. The van der Waals surface area contributed by atoms with Crippen LogP contribution in [0.15, 0.2) is 0 Å². The molecular formula is C13H24O. The summed E-state index contributed by atoms with van der Waals surface area (Å²) in [5.41, 5.74) is 0. The first-order valence-electron chi connectivity index (χ1n) is 6.46. The van der Waals surface area contributed by atoms with Crippen molar-refractivity contribution in [2.75, 3.05) is 6.61 Å². The summed E-state index contributed by atoms with van der Waals surface area (Å²) in [4.78, 5) is 0. The van der Waals surface area contributed by atoms with Crippen molar-refractivity contribution >= 4 is 0 Å². The minimum absolute atomic E-state index is 0.406. The van der Waals surface area contributed by atoms with E-state index in [1.807, 2.05) is 0 Å². The molecule has 1 heteroatoms. The van der Waals surface area contributed by atoms with Gasteiger partial charge in [-0.3, -0.25) is 0 Å². The molecule has 0 aliphatic heterocycles. The van der Waals surface area contributed by atoms with E-state index in [9.17, 15) is 0 Å². The van der Waals surface area contributed by atoms with Crippen LogP contribution in [0.25, 0.3) is 0 Å². The molecule has 2 saturated carbocycles. The smallest absolute Gasteiger partial charge is 0.0433 e. The minimum Gasteiger partial charge on any atom is -0.396 e. The van der Waals surface area contributed by atoms with Gasteiger partial charge in [0, 0.05) is 6.61 Å². The van der Waals surface area contributed by atoms with Gasteiger partial charge in [0.1, 0.15) is 0 Å². The third-order valence-electron chi connectivity index (χ3n) is 4.21. The van der Waals surface area contributed by atoms with E-state index in [1.165, 1.54) is 38.5 Å². The Labute approximate surface area is 87.9 Å². The Bertz CT molecular complexity index is 158. The average Bonchev–Trinajstić information content (AvgIpc) is 3.02. The van der Waals surface area contributed by atoms with Gasteiger partial charge in [-0.15, -0.1) is 0 Å². The van der Waals surface area contributed by atoms with Crippen LogP contribution in [0.4, 0.5) is 0 Å². The van der Waals surface area contributed by atoms with Crippen LogP contribution in [-0.2, 0) is 0 Å².